The molecule has 3 aromatic heterocycles. The van der Waals surface area contributed by atoms with Crippen LogP contribution >= 0.6 is 27.3 Å². The van der Waals surface area contributed by atoms with Crippen molar-refractivity contribution in [3.05, 3.63) is 52.7 Å². The highest BCUT2D eigenvalue weighted by atomic mass is 79.9. The summed E-state index contributed by atoms with van der Waals surface area (Å²) in [5.41, 5.74) is -2.02. The minimum absolute atomic E-state index is 0.00716. The summed E-state index contributed by atoms with van der Waals surface area (Å²) in [6, 6.07) is 3.51. The maximum atomic E-state index is 12.1. The molecule has 0 aliphatic carbocycles. The molecule has 0 spiro atoms. The fourth-order valence-corrected chi connectivity index (χ4v) is 3.52. The van der Waals surface area contributed by atoms with Gasteiger partial charge in [-0.25, -0.2) is 4.79 Å². The maximum Gasteiger partial charge on any atom is 0.327 e. The zero-order valence-corrected chi connectivity index (χ0v) is 12.5. The minimum Gasteiger partial charge on any atom is -0.307 e. The van der Waals surface area contributed by atoms with E-state index in [1.165, 1.54) is 11.3 Å². The van der Waals surface area contributed by atoms with Crippen LogP contribution in [0.1, 0.15) is 5.56 Å². The quantitative estimate of drug-likeness (QED) is 0.601. The lowest BCUT2D eigenvalue weighted by molar-refractivity contribution is 1.05. The van der Waals surface area contributed by atoms with Crippen molar-refractivity contribution in [1.82, 2.24) is 15.0 Å². The number of fused-ring (bicyclic) bond motifs is 1. The van der Waals surface area contributed by atoms with E-state index in [9.17, 15) is 19.6 Å². The van der Waals surface area contributed by atoms with E-state index in [-0.39, 0.29) is 22.2 Å². The number of pyridine rings is 1. The van der Waals surface area contributed by atoms with Crippen LogP contribution in [0, 0.1) is 11.3 Å². The Hall–Kier alpha value is -2.44. The van der Waals surface area contributed by atoms with E-state index in [1.54, 1.807) is 11.4 Å². The summed E-state index contributed by atoms with van der Waals surface area (Å²) < 4.78 is 0.765. The normalized spacial score (nSPS) is 10.7. The highest BCUT2D eigenvalue weighted by molar-refractivity contribution is 9.10. The Balaban J connectivity index is 2.63. The summed E-state index contributed by atoms with van der Waals surface area (Å²) in [4.78, 5) is 42.7. The zero-order chi connectivity index (χ0) is 15.1. The number of nitrogens with zero attached hydrogens (tertiary/aromatic N) is 1. The third kappa shape index (κ3) is 2.14. The number of halogens is 1. The lowest BCUT2D eigenvalue weighted by Gasteiger charge is -2.05. The fraction of sp³-hybridized carbons (Fsp3) is 0. The van der Waals surface area contributed by atoms with Crippen LogP contribution in [0.2, 0.25) is 0 Å². The van der Waals surface area contributed by atoms with Crippen molar-refractivity contribution in [2.45, 2.75) is 0 Å². The highest BCUT2D eigenvalue weighted by Crippen LogP contribution is 2.33. The molecule has 0 aromatic carbocycles. The molecule has 0 amide bonds. The van der Waals surface area contributed by atoms with Crippen molar-refractivity contribution >= 4 is 38.3 Å². The van der Waals surface area contributed by atoms with Crippen molar-refractivity contribution in [3.63, 3.8) is 0 Å². The molecule has 0 atom stereocenters. The number of aromatic nitrogens is 3. The van der Waals surface area contributed by atoms with E-state index < -0.39 is 16.8 Å². The third-order valence-electron chi connectivity index (χ3n) is 2.83. The second-order valence-corrected chi connectivity index (χ2v) is 5.93. The molecule has 3 rings (SSSR count). The molecule has 21 heavy (non-hydrogen) atoms. The Labute approximate surface area is 128 Å². The molecule has 9 heteroatoms. The first kappa shape index (κ1) is 13.5. The number of H-pyrrole nitrogens is 3. The Kier molecular flexibility index (Phi) is 3.12. The molecule has 0 unspecified atom stereocenters. The van der Waals surface area contributed by atoms with E-state index in [0.717, 1.165) is 4.47 Å². The van der Waals surface area contributed by atoms with Gasteiger partial charge >= 0.3 is 5.69 Å². The van der Waals surface area contributed by atoms with Crippen LogP contribution in [-0.4, -0.2) is 15.0 Å². The van der Waals surface area contributed by atoms with Crippen molar-refractivity contribution in [2.75, 3.05) is 0 Å². The molecule has 3 aromatic rings. The second-order valence-electron chi connectivity index (χ2n) is 4.10. The van der Waals surface area contributed by atoms with Gasteiger partial charge in [0, 0.05) is 20.3 Å². The summed E-state index contributed by atoms with van der Waals surface area (Å²) in [5, 5.41) is 11.0. The predicted molar refractivity (Wildman–Crippen MR) is 81.5 cm³/mol. The van der Waals surface area contributed by atoms with Gasteiger partial charge in [0.1, 0.15) is 17.3 Å². The smallest absolute Gasteiger partial charge is 0.307 e. The molecular weight excluding hydrogens is 360 g/mol. The lowest BCUT2D eigenvalue weighted by Crippen LogP contribution is -2.26. The summed E-state index contributed by atoms with van der Waals surface area (Å²) in [6.07, 6.45) is 0. The van der Waals surface area contributed by atoms with Gasteiger partial charge in [0.25, 0.3) is 11.1 Å². The van der Waals surface area contributed by atoms with Gasteiger partial charge in [-0.2, -0.15) is 5.26 Å². The number of thiophene rings is 1. The average molecular weight is 365 g/mol. The first-order valence-electron chi connectivity index (χ1n) is 5.58. The van der Waals surface area contributed by atoms with E-state index in [0.29, 0.717) is 4.88 Å². The van der Waals surface area contributed by atoms with Crippen molar-refractivity contribution < 1.29 is 0 Å². The largest absolute Gasteiger partial charge is 0.327 e. The van der Waals surface area contributed by atoms with Crippen molar-refractivity contribution in [3.8, 4) is 16.5 Å². The summed E-state index contributed by atoms with van der Waals surface area (Å²) >= 11 is 4.56. The number of aromatic amines is 3. The van der Waals surface area contributed by atoms with Crippen LogP contribution < -0.4 is 16.8 Å². The Morgan fingerprint density at radius 1 is 1.14 bits per heavy atom. The molecule has 0 aliphatic rings. The molecule has 3 N–H and O–H groups in total. The molecule has 7 nitrogen and oxygen atoms in total. The Morgan fingerprint density at radius 2 is 1.90 bits per heavy atom. The van der Waals surface area contributed by atoms with E-state index in [2.05, 4.69) is 30.9 Å². The van der Waals surface area contributed by atoms with Gasteiger partial charge < -0.3 is 4.98 Å². The molecule has 3 heterocycles. The van der Waals surface area contributed by atoms with Gasteiger partial charge in [0.05, 0.1) is 5.39 Å². The van der Waals surface area contributed by atoms with Gasteiger partial charge in [-0.05, 0) is 22.0 Å². The van der Waals surface area contributed by atoms with Gasteiger partial charge in [0.15, 0.2) is 0 Å². The molecule has 0 bridgehead atoms. The summed E-state index contributed by atoms with van der Waals surface area (Å²) in [6.45, 7) is 0. The van der Waals surface area contributed by atoms with Crippen LogP contribution in [-0.2, 0) is 0 Å². The van der Waals surface area contributed by atoms with Gasteiger partial charge in [0.2, 0.25) is 0 Å². The number of nitriles is 1. The molecular formula is C12H5BrN4O3S. The SMILES string of the molecule is N#Cc1c(-c2cc(Br)cs2)c2c(=O)[nH]c(=O)[nH]c2[nH]c1=O. The maximum absolute atomic E-state index is 12.1. The Bertz CT molecular complexity index is 1080. The monoisotopic (exact) mass is 364 g/mol. The highest BCUT2D eigenvalue weighted by Gasteiger charge is 2.19. The average Bonchev–Trinajstić information content (AvgIpc) is 2.83. The van der Waals surface area contributed by atoms with Gasteiger partial charge in [-0.15, -0.1) is 11.3 Å². The first-order valence-corrected chi connectivity index (χ1v) is 7.25. The number of hydrogen-bond acceptors (Lipinski definition) is 5. The van der Waals surface area contributed by atoms with Crippen LogP contribution in [0.25, 0.3) is 21.5 Å². The molecule has 0 fully saturated rings. The molecule has 0 radical (unpaired) electrons. The van der Waals surface area contributed by atoms with Crippen LogP contribution in [0.4, 0.5) is 0 Å². The second kappa shape index (κ2) is 4.83. The summed E-state index contributed by atoms with van der Waals surface area (Å²) in [5.74, 6) is 0. The number of rotatable bonds is 1. The standard InChI is InChI=1S/C12H5BrN4O3S/c13-4-1-6(21-3-4)7-5(2-14)10(18)15-9-8(7)11(19)17-12(20)16-9/h1,3H,(H3,15,16,17,18,19,20). The van der Waals surface area contributed by atoms with Gasteiger partial charge in [-0.1, -0.05) is 0 Å². The van der Waals surface area contributed by atoms with E-state index in [4.69, 9.17) is 0 Å². The van der Waals surface area contributed by atoms with E-state index >= 15 is 0 Å². The lowest BCUT2D eigenvalue weighted by atomic mass is 10.1. The third-order valence-corrected chi connectivity index (χ3v) is 4.54. The van der Waals surface area contributed by atoms with Crippen molar-refractivity contribution in [1.29, 1.82) is 5.26 Å². The zero-order valence-electron chi connectivity index (χ0n) is 10.1. The first-order chi connectivity index (χ1) is 10.0. The van der Waals surface area contributed by atoms with Gasteiger partial charge in [-0.3, -0.25) is 19.6 Å². The Morgan fingerprint density at radius 3 is 2.52 bits per heavy atom. The minimum atomic E-state index is -0.730. The molecule has 0 saturated heterocycles. The van der Waals surface area contributed by atoms with Crippen LogP contribution in [0.15, 0.2) is 30.3 Å². The number of hydrogen-bond donors (Lipinski definition) is 3. The summed E-state index contributed by atoms with van der Waals surface area (Å²) in [7, 11) is 0. The van der Waals surface area contributed by atoms with Crippen molar-refractivity contribution in [2.24, 2.45) is 0 Å². The predicted octanol–water partition coefficient (Wildman–Crippen LogP) is 1.27. The van der Waals surface area contributed by atoms with E-state index in [1.807, 2.05) is 6.07 Å². The number of nitrogens with one attached hydrogen (secondary N) is 3. The molecule has 0 aliphatic heterocycles. The van der Waals surface area contributed by atoms with Crippen LogP contribution in [0.5, 0.6) is 0 Å². The topological polar surface area (TPSA) is 122 Å². The molecule has 104 valence electrons. The fourth-order valence-electron chi connectivity index (χ4n) is 2.03. The molecule has 0 saturated carbocycles. The van der Waals surface area contributed by atoms with Crippen LogP contribution in [0.3, 0.4) is 0 Å².